The van der Waals surface area contributed by atoms with Crippen LogP contribution in [0.3, 0.4) is 0 Å². The van der Waals surface area contributed by atoms with E-state index in [0.29, 0.717) is 12.1 Å². The van der Waals surface area contributed by atoms with Gasteiger partial charge in [0.15, 0.2) is 0 Å². The summed E-state index contributed by atoms with van der Waals surface area (Å²) in [6, 6.07) is 6.95. The molecule has 128 valence electrons. The molecule has 1 atom stereocenters. The molecular weight excluding hydrogens is 288 g/mol. The minimum absolute atomic E-state index is 0.0119. The number of rotatable bonds is 8. The molecule has 2 amide bonds. The Bertz CT molecular complexity index is 526. The molecule has 1 rings (SSSR count). The summed E-state index contributed by atoms with van der Waals surface area (Å²) in [7, 11) is 0. The summed E-state index contributed by atoms with van der Waals surface area (Å²) in [4.78, 5) is 27.2. The lowest BCUT2D eigenvalue weighted by atomic mass is 10.0. The zero-order valence-corrected chi connectivity index (χ0v) is 15.1. The minimum Gasteiger partial charge on any atom is -0.341 e. The molecule has 0 saturated heterocycles. The van der Waals surface area contributed by atoms with Crippen molar-refractivity contribution in [1.29, 1.82) is 0 Å². The number of nitrogens with zero attached hydrogens (tertiary/aromatic N) is 1. The van der Waals surface area contributed by atoms with Gasteiger partial charge in [0.1, 0.15) is 6.04 Å². The van der Waals surface area contributed by atoms with Gasteiger partial charge >= 0.3 is 0 Å². The number of hydrogen-bond acceptors (Lipinski definition) is 2. The summed E-state index contributed by atoms with van der Waals surface area (Å²) in [6.07, 6.45) is 2.03. The highest BCUT2D eigenvalue weighted by molar-refractivity contribution is 5.98. The molecule has 0 radical (unpaired) electrons. The molecule has 0 aliphatic heterocycles. The Morgan fingerprint density at radius 2 is 1.83 bits per heavy atom. The van der Waals surface area contributed by atoms with Crippen LogP contribution >= 0.6 is 0 Å². The number of aryl methyl sites for hydroxylation is 1. The normalized spacial score (nSPS) is 12.1. The minimum atomic E-state index is -0.487. The molecule has 1 unspecified atom stereocenters. The van der Waals surface area contributed by atoms with Crippen molar-refractivity contribution >= 4 is 11.8 Å². The Morgan fingerprint density at radius 3 is 2.35 bits per heavy atom. The first kappa shape index (κ1) is 19.2. The molecule has 1 N–H and O–H groups in total. The quantitative estimate of drug-likeness (QED) is 0.798. The van der Waals surface area contributed by atoms with Crippen LogP contribution in [0.5, 0.6) is 0 Å². The molecule has 0 spiro atoms. The Morgan fingerprint density at radius 1 is 1.17 bits per heavy atom. The van der Waals surface area contributed by atoms with Gasteiger partial charge < -0.3 is 10.2 Å². The number of carbonyl (C=O) groups excluding carboxylic acids is 2. The van der Waals surface area contributed by atoms with Crippen LogP contribution in [-0.4, -0.2) is 35.8 Å². The molecule has 4 nitrogen and oxygen atoms in total. The molecule has 0 bridgehead atoms. The molecule has 1 aromatic carbocycles. The Balaban J connectivity index is 2.88. The van der Waals surface area contributed by atoms with E-state index in [1.165, 1.54) is 0 Å². The maximum atomic E-state index is 12.8. The SMILES string of the molecule is CCCCN(CC)C(=O)C(NC(=O)c1ccccc1C)C(C)C. The van der Waals surface area contributed by atoms with Crippen molar-refractivity contribution in [1.82, 2.24) is 10.2 Å². The topological polar surface area (TPSA) is 49.4 Å². The monoisotopic (exact) mass is 318 g/mol. The van der Waals surface area contributed by atoms with Gasteiger partial charge in [-0.25, -0.2) is 0 Å². The van der Waals surface area contributed by atoms with Gasteiger partial charge in [0.2, 0.25) is 5.91 Å². The van der Waals surface area contributed by atoms with Crippen LogP contribution in [0, 0.1) is 12.8 Å². The predicted octanol–water partition coefficient (Wildman–Crippen LogP) is 3.40. The van der Waals surface area contributed by atoms with Gasteiger partial charge in [0.05, 0.1) is 0 Å². The summed E-state index contributed by atoms with van der Waals surface area (Å²) in [5, 5.41) is 2.93. The van der Waals surface area contributed by atoms with Crippen LogP contribution in [-0.2, 0) is 4.79 Å². The van der Waals surface area contributed by atoms with Crippen molar-refractivity contribution < 1.29 is 9.59 Å². The zero-order chi connectivity index (χ0) is 17.4. The first-order chi connectivity index (χ1) is 10.9. The van der Waals surface area contributed by atoms with Crippen LogP contribution in [0.4, 0.5) is 0 Å². The summed E-state index contributed by atoms with van der Waals surface area (Å²) < 4.78 is 0. The van der Waals surface area contributed by atoms with Crippen LogP contribution in [0.25, 0.3) is 0 Å². The molecule has 4 heteroatoms. The number of amides is 2. The average molecular weight is 318 g/mol. The highest BCUT2D eigenvalue weighted by atomic mass is 16.2. The third-order valence-corrected chi connectivity index (χ3v) is 4.08. The van der Waals surface area contributed by atoms with Gasteiger partial charge in [-0.05, 0) is 37.8 Å². The molecule has 23 heavy (non-hydrogen) atoms. The van der Waals surface area contributed by atoms with E-state index in [1.807, 2.05) is 50.8 Å². The summed E-state index contributed by atoms with van der Waals surface area (Å²) in [5.74, 6) is -0.120. The molecule has 0 saturated carbocycles. The van der Waals surface area contributed by atoms with Crippen molar-refractivity contribution in [2.75, 3.05) is 13.1 Å². The van der Waals surface area contributed by atoms with Crippen LogP contribution in [0.2, 0.25) is 0 Å². The third kappa shape index (κ3) is 5.38. The molecule has 0 aliphatic carbocycles. The number of benzene rings is 1. The molecular formula is C19H30N2O2. The molecule has 1 aromatic rings. The van der Waals surface area contributed by atoms with Gasteiger partial charge in [0, 0.05) is 18.7 Å². The molecule has 0 aromatic heterocycles. The van der Waals surface area contributed by atoms with Gasteiger partial charge in [-0.2, -0.15) is 0 Å². The number of hydrogen-bond donors (Lipinski definition) is 1. The zero-order valence-electron chi connectivity index (χ0n) is 15.1. The second-order valence-corrected chi connectivity index (χ2v) is 6.28. The highest BCUT2D eigenvalue weighted by Crippen LogP contribution is 2.11. The first-order valence-electron chi connectivity index (χ1n) is 8.57. The maximum absolute atomic E-state index is 12.8. The maximum Gasteiger partial charge on any atom is 0.252 e. The van der Waals surface area contributed by atoms with E-state index in [0.717, 1.165) is 24.9 Å². The number of likely N-dealkylation sites (N-methyl/N-ethyl adjacent to an activating group) is 1. The van der Waals surface area contributed by atoms with E-state index >= 15 is 0 Å². The highest BCUT2D eigenvalue weighted by Gasteiger charge is 2.28. The van der Waals surface area contributed by atoms with E-state index in [4.69, 9.17) is 0 Å². The van der Waals surface area contributed by atoms with Crippen LogP contribution < -0.4 is 5.32 Å². The Hall–Kier alpha value is -1.84. The lowest BCUT2D eigenvalue weighted by molar-refractivity contribution is -0.134. The number of carbonyl (C=O) groups is 2. The van der Waals surface area contributed by atoms with Crippen molar-refractivity contribution in [2.24, 2.45) is 5.92 Å². The molecule has 0 fully saturated rings. The lowest BCUT2D eigenvalue weighted by Gasteiger charge is -2.29. The summed E-state index contributed by atoms with van der Waals surface area (Å²) >= 11 is 0. The van der Waals surface area contributed by atoms with Gasteiger partial charge in [-0.15, -0.1) is 0 Å². The summed E-state index contributed by atoms with van der Waals surface area (Å²) in [5.41, 5.74) is 1.54. The smallest absolute Gasteiger partial charge is 0.252 e. The standard InChI is InChI=1S/C19H30N2O2/c1-6-8-13-21(7-2)19(23)17(14(3)4)20-18(22)16-12-10-9-11-15(16)5/h9-12,14,17H,6-8,13H2,1-5H3,(H,20,22). The van der Waals surface area contributed by atoms with E-state index in [-0.39, 0.29) is 17.7 Å². The van der Waals surface area contributed by atoms with E-state index in [1.54, 1.807) is 6.07 Å². The number of nitrogens with one attached hydrogen (secondary N) is 1. The van der Waals surface area contributed by atoms with E-state index in [2.05, 4.69) is 12.2 Å². The van der Waals surface area contributed by atoms with Crippen LogP contribution in [0.1, 0.15) is 56.5 Å². The predicted molar refractivity (Wildman–Crippen MR) is 94.4 cm³/mol. The van der Waals surface area contributed by atoms with Gasteiger partial charge in [-0.1, -0.05) is 45.4 Å². The fourth-order valence-corrected chi connectivity index (χ4v) is 2.53. The Kier molecular flexibility index (Phi) is 7.79. The third-order valence-electron chi connectivity index (χ3n) is 4.08. The van der Waals surface area contributed by atoms with Crippen molar-refractivity contribution in [2.45, 2.75) is 53.5 Å². The second kappa shape index (κ2) is 9.33. The van der Waals surface area contributed by atoms with Gasteiger partial charge in [-0.3, -0.25) is 9.59 Å². The first-order valence-corrected chi connectivity index (χ1v) is 8.57. The average Bonchev–Trinajstić information content (AvgIpc) is 2.53. The Labute approximate surface area is 140 Å². The lowest BCUT2D eigenvalue weighted by Crippen LogP contribution is -2.51. The molecule has 0 heterocycles. The van der Waals surface area contributed by atoms with Crippen LogP contribution in [0.15, 0.2) is 24.3 Å². The summed E-state index contributed by atoms with van der Waals surface area (Å²) in [6.45, 7) is 11.3. The number of unbranched alkanes of at least 4 members (excludes halogenated alkanes) is 1. The van der Waals surface area contributed by atoms with Crippen molar-refractivity contribution in [3.8, 4) is 0 Å². The fraction of sp³-hybridized carbons (Fsp3) is 0.579. The fourth-order valence-electron chi connectivity index (χ4n) is 2.53. The molecule has 0 aliphatic rings. The van der Waals surface area contributed by atoms with E-state index < -0.39 is 6.04 Å². The van der Waals surface area contributed by atoms with Crippen molar-refractivity contribution in [3.05, 3.63) is 35.4 Å². The largest absolute Gasteiger partial charge is 0.341 e. The van der Waals surface area contributed by atoms with E-state index in [9.17, 15) is 9.59 Å². The van der Waals surface area contributed by atoms with Crippen molar-refractivity contribution in [3.63, 3.8) is 0 Å². The van der Waals surface area contributed by atoms with Gasteiger partial charge in [0.25, 0.3) is 5.91 Å². The second-order valence-electron chi connectivity index (χ2n) is 6.28.